The van der Waals surface area contributed by atoms with Gasteiger partial charge < -0.3 is 0 Å². The van der Waals surface area contributed by atoms with Gasteiger partial charge in [-0.15, -0.1) is 0 Å². The van der Waals surface area contributed by atoms with Crippen LogP contribution in [-0.2, 0) is 0 Å². The molecule has 0 N–H and O–H groups in total. The lowest BCUT2D eigenvalue weighted by Crippen LogP contribution is -1.86. The molecule has 0 amide bonds. The van der Waals surface area contributed by atoms with Gasteiger partial charge in [0.05, 0.1) is 5.52 Å². The number of hydrogen-bond donors (Lipinski definition) is 0. The Balaban J connectivity index is 1.95. The first-order chi connectivity index (χ1) is 10.8. The Morgan fingerprint density at radius 2 is 1.77 bits per heavy atom. The highest BCUT2D eigenvalue weighted by molar-refractivity contribution is 7.08. The standard InChI is InChI=1S/C19H12FNS/c20-16-4-1-3-13(9-16)15-10-18-17(14-7-8-22-12-14)5-2-6-19(18)21-11-15/h1-12H. The average Bonchev–Trinajstić information content (AvgIpc) is 3.08. The summed E-state index contributed by atoms with van der Waals surface area (Å²) in [6, 6.07) is 16.9. The highest BCUT2D eigenvalue weighted by Crippen LogP contribution is 2.32. The summed E-state index contributed by atoms with van der Waals surface area (Å²) in [5.41, 5.74) is 5.06. The highest BCUT2D eigenvalue weighted by atomic mass is 32.1. The molecular weight excluding hydrogens is 293 g/mol. The van der Waals surface area contributed by atoms with Gasteiger partial charge in [0.1, 0.15) is 5.82 Å². The number of benzene rings is 2. The van der Waals surface area contributed by atoms with Gasteiger partial charge >= 0.3 is 0 Å². The molecule has 0 saturated heterocycles. The van der Waals surface area contributed by atoms with Crippen LogP contribution in [0.3, 0.4) is 0 Å². The van der Waals surface area contributed by atoms with Gasteiger partial charge in [0, 0.05) is 17.1 Å². The molecule has 2 heterocycles. The smallest absolute Gasteiger partial charge is 0.123 e. The van der Waals surface area contributed by atoms with E-state index in [4.69, 9.17) is 0 Å². The predicted molar refractivity (Wildman–Crippen MR) is 90.5 cm³/mol. The molecule has 22 heavy (non-hydrogen) atoms. The molecule has 4 aromatic rings. The Labute approximate surface area is 131 Å². The SMILES string of the molecule is Fc1cccc(-c2cnc3cccc(-c4ccsc4)c3c2)c1. The first-order valence-corrected chi connectivity index (χ1v) is 7.93. The van der Waals surface area contributed by atoms with Crippen LogP contribution >= 0.6 is 11.3 Å². The van der Waals surface area contributed by atoms with Crippen LogP contribution in [0.1, 0.15) is 0 Å². The van der Waals surface area contributed by atoms with Gasteiger partial charge in [0.2, 0.25) is 0 Å². The van der Waals surface area contributed by atoms with Crippen molar-refractivity contribution in [1.29, 1.82) is 0 Å². The Morgan fingerprint density at radius 1 is 0.864 bits per heavy atom. The van der Waals surface area contributed by atoms with E-state index in [2.05, 4.69) is 33.9 Å². The third-order valence-corrected chi connectivity index (χ3v) is 4.40. The number of nitrogens with zero attached hydrogens (tertiary/aromatic N) is 1. The van der Waals surface area contributed by atoms with Crippen molar-refractivity contribution in [2.24, 2.45) is 0 Å². The molecule has 0 radical (unpaired) electrons. The number of halogens is 1. The topological polar surface area (TPSA) is 12.9 Å². The Kier molecular flexibility index (Phi) is 3.20. The van der Waals surface area contributed by atoms with Crippen LogP contribution in [0, 0.1) is 5.82 Å². The summed E-state index contributed by atoms with van der Waals surface area (Å²) in [6.45, 7) is 0. The number of aromatic nitrogens is 1. The van der Waals surface area contributed by atoms with E-state index in [0.717, 1.165) is 27.6 Å². The van der Waals surface area contributed by atoms with E-state index in [0.29, 0.717) is 0 Å². The van der Waals surface area contributed by atoms with Crippen LogP contribution in [0.5, 0.6) is 0 Å². The summed E-state index contributed by atoms with van der Waals surface area (Å²) in [5.74, 6) is -0.233. The second-order valence-corrected chi connectivity index (χ2v) is 5.90. The van der Waals surface area contributed by atoms with E-state index in [1.807, 2.05) is 18.2 Å². The molecule has 0 aliphatic rings. The maximum Gasteiger partial charge on any atom is 0.123 e. The normalized spacial score (nSPS) is 11.0. The van der Waals surface area contributed by atoms with Crippen molar-refractivity contribution in [2.75, 3.05) is 0 Å². The predicted octanol–water partition coefficient (Wildman–Crippen LogP) is 5.77. The summed E-state index contributed by atoms with van der Waals surface area (Å²) >= 11 is 1.68. The molecule has 0 saturated carbocycles. The summed E-state index contributed by atoms with van der Waals surface area (Å²) in [7, 11) is 0. The second-order valence-electron chi connectivity index (χ2n) is 5.12. The monoisotopic (exact) mass is 305 g/mol. The maximum atomic E-state index is 13.5. The maximum absolute atomic E-state index is 13.5. The Hall–Kier alpha value is -2.52. The fourth-order valence-corrected chi connectivity index (χ4v) is 3.30. The third-order valence-electron chi connectivity index (χ3n) is 3.72. The Bertz CT molecular complexity index is 945. The van der Waals surface area contributed by atoms with Crippen molar-refractivity contribution in [1.82, 2.24) is 4.98 Å². The molecule has 0 aliphatic carbocycles. The Morgan fingerprint density at radius 3 is 2.59 bits per heavy atom. The lowest BCUT2D eigenvalue weighted by atomic mass is 9.99. The minimum absolute atomic E-state index is 0.233. The summed E-state index contributed by atoms with van der Waals surface area (Å²) in [5, 5.41) is 5.28. The molecule has 0 bridgehead atoms. The molecule has 2 aromatic heterocycles. The number of hydrogen-bond acceptors (Lipinski definition) is 2. The van der Waals surface area contributed by atoms with Crippen LogP contribution in [0.4, 0.5) is 4.39 Å². The summed E-state index contributed by atoms with van der Waals surface area (Å²) in [4.78, 5) is 4.54. The zero-order chi connectivity index (χ0) is 14.9. The van der Waals surface area contributed by atoms with Crippen molar-refractivity contribution >= 4 is 22.2 Å². The van der Waals surface area contributed by atoms with Crippen LogP contribution in [-0.4, -0.2) is 4.98 Å². The van der Waals surface area contributed by atoms with E-state index < -0.39 is 0 Å². The molecule has 2 aromatic carbocycles. The fourth-order valence-electron chi connectivity index (χ4n) is 2.64. The van der Waals surface area contributed by atoms with Gasteiger partial charge in [0.15, 0.2) is 0 Å². The zero-order valence-corrected chi connectivity index (χ0v) is 12.5. The molecule has 0 spiro atoms. The molecule has 106 valence electrons. The molecule has 4 rings (SSSR count). The molecule has 0 aliphatic heterocycles. The lowest BCUT2D eigenvalue weighted by molar-refractivity contribution is 0.628. The van der Waals surface area contributed by atoms with E-state index in [1.54, 1.807) is 23.6 Å². The number of thiophene rings is 1. The van der Waals surface area contributed by atoms with Crippen molar-refractivity contribution in [2.45, 2.75) is 0 Å². The average molecular weight is 305 g/mol. The van der Waals surface area contributed by atoms with Crippen molar-refractivity contribution in [3.05, 3.63) is 77.4 Å². The molecule has 0 unspecified atom stereocenters. The highest BCUT2D eigenvalue weighted by Gasteiger charge is 2.07. The van der Waals surface area contributed by atoms with E-state index in [1.165, 1.54) is 17.7 Å². The van der Waals surface area contributed by atoms with E-state index >= 15 is 0 Å². The number of rotatable bonds is 2. The van der Waals surface area contributed by atoms with Crippen molar-refractivity contribution in [3.63, 3.8) is 0 Å². The van der Waals surface area contributed by atoms with E-state index in [-0.39, 0.29) is 5.82 Å². The summed E-state index contributed by atoms with van der Waals surface area (Å²) in [6.07, 6.45) is 1.80. The van der Waals surface area contributed by atoms with Crippen LogP contribution in [0.15, 0.2) is 71.6 Å². The third kappa shape index (κ3) is 2.30. The second kappa shape index (κ2) is 5.35. The molecule has 1 nitrogen and oxygen atoms in total. The van der Waals surface area contributed by atoms with Gasteiger partial charge in [-0.05, 0) is 57.8 Å². The number of pyridine rings is 1. The van der Waals surface area contributed by atoms with Gasteiger partial charge in [0.25, 0.3) is 0 Å². The first-order valence-electron chi connectivity index (χ1n) is 6.98. The largest absolute Gasteiger partial charge is 0.256 e. The minimum Gasteiger partial charge on any atom is -0.256 e. The first kappa shape index (κ1) is 13.2. The van der Waals surface area contributed by atoms with Crippen molar-refractivity contribution in [3.8, 4) is 22.3 Å². The molecular formula is C19H12FNS. The number of fused-ring (bicyclic) bond motifs is 1. The van der Waals surface area contributed by atoms with Crippen LogP contribution < -0.4 is 0 Å². The van der Waals surface area contributed by atoms with Gasteiger partial charge in [-0.1, -0.05) is 24.3 Å². The van der Waals surface area contributed by atoms with Gasteiger partial charge in [-0.3, -0.25) is 4.98 Å². The zero-order valence-electron chi connectivity index (χ0n) is 11.7. The minimum atomic E-state index is -0.233. The fraction of sp³-hybridized carbons (Fsp3) is 0. The van der Waals surface area contributed by atoms with Gasteiger partial charge in [-0.25, -0.2) is 4.39 Å². The van der Waals surface area contributed by atoms with Gasteiger partial charge in [-0.2, -0.15) is 11.3 Å². The molecule has 0 atom stereocenters. The summed E-state index contributed by atoms with van der Waals surface area (Å²) < 4.78 is 13.5. The quantitative estimate of drug-likeness (QED) is 0.458. The van der Waals surface area contributed by atoms with Crippen molar-refractivity contribution < 1.29 is 4.39 Å². The van der Waals surface area contributed by atoms with E-state index in [9.17, 15) is 4.39 Å². The van der Waals surface area contributed by atoms with Crippen LogP contribution in [0.2, 0.25) is 0 Å². The lowest BCUT2D eigenvalue weighted by Gasteiger charge is -2.07. The molecule has 0 fully saturated rings. The molecule has 3 heteroatoms. The van der Waals surface area contributed by atoms with Crippen LogP contribution in [0.25, 0.3) is 33.2 Å².